The van der Waals surface area contributed by atoms with Crippen molar-refractivity contribution in [3.8, 4) is 0 Å². The number of aromatic nitrogens is 1. The molecule has 4 heteroatoms. The molecular weight excluding hydrogens is 276 g/mol. The highest BCUT2D eigenvalue weighted by Gasteiger charge is 2.43. The highest BCUT2D eigenvalue weighted by molar-refractivity contribution is 5.76. The molecule has 0 bridgehead atoms. The van der Waals surface area contributed by atoms with Gasteiger partial charge in [0.1, 0.15) is 0 Å². The molecule has 0 radical (unpaired) electrons. The van der Waals surface area contributed by atoms with Gasteiger partial charge in [-0.25, -0.2) is 0 Å². The fourth-order valence-electron chi connectivity index (χ4n) is 4.21. The van der Waals surface area contributed by atoms with E-state index in [2.05, 4.69) is 30.5 Å². The number of carbonyl (C=O) groups is 1. The Labute approximate surface area is 133 Å². The van der Waals surface area contributed by atoms with Gasteiger partial charge in [0.2, 0.25) is 5.91 Å². The van der Waals surface area contributed by atoms with Crippen molar-refractivity contribution in [2.45, 2.75) is 64.5 Å². The van der Waals surface area contributed by atoms with Crippen molar-refractivity contribution in [3.05, 3.63) is 23.5 Å². The van der Waals surface area contributed by atoms with Gasteiger partial charge in [0.15, 0.2) is 0 Å². The summed E-state index contributed by atoms with van der Waals surface area (Å²) in [6, 6.07) is 4.20. The standard InChI is InChI=1S/C18H28N2O2/c1-14-6-7-15(2)20(14)11-8-17(21)19-12-10-18(22)9-4-3-5-16(18)13-19/h6-7,16,22H,3-5,8-13H2,1-2H3/t16-,18+/m0/s1. The molecule has 4 nitrogen and oxygen atoms in total. The van der Waals surface area contributed by atoms with Crippen molar-refractivity contribution in [1.82, 2.24) is 9.47 Å². The summed E-state index contributed by atoms with van der Waals surface area (Å²) in [5.74, 6) is 0.522. The zero-order valence-electron chi connectivity index (χ0n) is 13.8. The number of rotatable bonds is 3. The molecular formula is C18H28N2O2. The van der Waals surface area contributed by atoms with Crippen molar-refractivity contribution in [3.63, 3.8) is 0 Å². The van der Waals surface area contributed by atoms with Gasteiger partial charge < -0.3 is 14.6 Å². The second kappa shape index (κ2) is 6.07. The van der Waals surface area contributed by atoms with Gasteiger partial charge in [-0.15, -0.1) is 0 Å². The molecule has 2 atom stereocenters. The normalized spacial score (nSPS) is 28.5. The van der Waals surface area contributed by atoms with Crippen molar-refractivity contribution >= 4 is 5.91 Å². The number of hydrogen-bond acceptors (Lipinski definition) is 2. The summed E-state index contributed by atoms with van der Waals surface area (Å²) in [7, 11) is 0. The molecule has 1 amide bonds. The maximum absolute atomic E-state index is 12.5. The fraction of sp³-hybridized carbons (Fsp3) is 0.722. The van der Waals surface area contributed by atoms with E-state index in [4.69, 9.17) is 0 Å². The molecule has 1 aliphatic heterocycles. The number of aliphatic hydroxyl groups is 1. The Kier molecular flexibility index (Phi) is 4.31. The quantitative estimate of drug-likeness (QED) is 0.933. The van der Waals surface area contributed by atoms with E-state index in [1.54, 1.807) is 0 Å². The lowest BCUT2D eigenvalue weighted by molar-refractivity contribution is -0.143. The summed E-state index contributed by atoms with van der Waals surface area (Å²) in [6.07, 6.45) is 5.62. The molecule has 0 unspecified atom stereocenters. The van der Waals surface area contributed by atoms with E-state index in [9.17, 15) is 9.90 Å². The first-order chi connectivity index (χ1) is 10.5. The van der Waals surface area contributed by atoms with Crippen LogP contribution in [0.2, 0.25) is 0 Å². The van der Waals surface area contributed by atoms with Crippen LogP contribution in [0.3, 0.4) is 0 Å². The summed E-state index contributed by atoms with van der Waals surface area (Å²) in [5, 5.41) is 10.7. The third-order valence-electron chi connectivity index (χ3n) is 5.75. The van der Waals surface area contributed by atoms with Crippen LogP contribution in [0.25, 0.3) is 0 Å². The SMILES string of the molecule is Cc1ccc(C)n1CCC(=O)N1CC[C@]2(O)CCCC[C@H]2C1. The molecule has 1 aliphatic carbocycles. The minimum Gasteiger partial charge on any atom is -0.389 e. The lowest BCUT2D eigenvalue weighted by Crippen LogP contribution is -2.54. The lowest BCUT2D eigenvalue weighted by atomic mass is 9.71. The molecule has 2 heterocycles. The number of piperidine rings is 1. The first-order valence-corrected chi connectivity index (χ1v) is 8.62. The summed E-state index contributed by atoms with van der Waals surface area (Å²) >= 11 is 0. The average Bonchev–Trinajstić information content (AvgIpc) is 2.82. The second-order valence-electron chi connectivity index (χ2n) is 7.15. The van der Waals surface area contributed by atoms with Gasteiger partial charge in [0.05, 0.1) is 5.60 Å². The Balaban J connectivity index is 1.57. The third-order valence-corrected chi connectivity index (χ3v) is 5.75. The maximum Gasteiger partial charge on any atom is 0.224 e. The molecule has 1 aromatic heterocycles. The number of hydrogen-bond donors (Lipinski definition) is 1. The number of likely N-dealkylation sites (tertiary alicyclic amines) is 1. The lowest BCUT2D eigenvalue weighted by Gasteiger charge is -2.47. The molecule has 122 valence electrons. The molecule has 2 fully saturated rings. The number of amides is 1. The van der Waals surface area contributed by atoms with Crippen molar-refractivity contribution in [1.29, 1.82) is 0 Å². The van der Waals surface area contributed by atoms with Gasteiger partial charge in [-0.05, 0) is 45.2 Å². The predicted molar refractivity (Wildman–Crippen MR) is 86.6 cm³/mol. The van der Waals surface area contributed by atoms with Crippen LogP contribution in [0.5, 0.6) is 0 Å². The molecule has 22 heavy (non-hydrogen) atoms. The van der Waals surface area contributed by atoms with Gasteiger partial charge in [0.25, 0.3) is 0 Å². The van der Waals surface area contributed by atoms with E-state index in [0.717, 1.165) is 45.3 Å². The van der Waals surface area contributed by atoms with Crippen LogP contribution in [0.15, 0.2) is 12.1 Å². The molecule has 0 aromatic carbocycles. The Morgan fingerprint density at radius 2 is 2.00 bits per heavy atom. The zero-order valence-corrected chi connectivity index (χ0v) is 13.8. The minimum atomic E-state index is -0.497. The van der Waals surface area contributed by atoms with Gasteiger partial charge >= 0.3 is 0 Å². The van der Waals surface area contributed by atoms with E-state index in [1.165, 1.54) is 17.8 Å². The van der Waals surface area contributed by atoms with Crippen molar-refractivity contribution in [2.75, 3.05) is 13.1 Å². The average molecular weight is 304 g/mol. The van der Waals surface area contributed by atoms with E-state index in [0.29, 0.717) is 6.42 Å². The Hall–Kier alpha value is -1.29. The van der Waals surface area contributed by atoms with E-state index in [1.807, 2.05) is 4.90 Å². The van der Waals surface area contributed by atoms with E-state index >= 15 is 0 Å². The molecule has 1 saturated heterocycles. The van der Waals surface area contributed by atoms with Crippen LogP contribution in [-0.2, 0) is 11.3 Å². The van der Waals surface area contributed by atoms with Crippen LogP contribution < -0.4 is 0 Å². The Morgan fingerprint density at radius 3 is 2.73 bits per heavy atom. The van der Waals surface area contributed by atoms with E-state index in [-0.39, 0.29) is 11.8 Å². The van der Waals surface area contributed by atoms with Crippen LogP contribution in [0.1, 0.15) is 49.9 Å². The number of fused-ring (bicyclic) bond motifs is 1. The monoisotopic (exact) mass is 304 g/mol. The minimum absolute atomic E-state index is 0.236. The van der Waals surface area contributed by atoms with Gasteiger partial charge in [-0.1, -0.05) is 12.8 Å². The number of aryl methyl sites for hydroxylation is 2. The topological polar surface area (TPSA) is 45.5 Å². The highest BCUT2D eigenvalue weighted by Crippen LogP contribution is 2.39. The number of nitrogens with zero attached hydrogens (tertiary/aromatic N) is 2. The first-order valence-electron chi connectivity index (χ1n) is 8.62. The largest absolute Gasteiger partial charge is 0.389 e. The van der Waals surface area contributed by atoms with Crippen LogP contribution in [0.4, 0.5) is 0 Å². The third kappa shape index (κ3) is 2.94. The summed E-state index contributed by atoms with van der Waals surface area (Å²) < 4.78 is 2.21. The zero-order chi connectivity index (χ0) is 15.7. The molecule has 1 saturated carbocycles. The Morgan fingerprint density at radius 1 is 1.27 bits per heavy atom. The van der Waals surface area contributed by atoms with Gasteiger partial charge in [0, 0.05) is 43.4 Å². The summed E-state index contributed by atoms with van der Waals surface area (Å²) in [6.45, 7) is 6.39. The van der Waals surface area contributed by atoms with Crippen LogP contribution >= 0.6 is 0 Å². The van der Waals surface area contributed by atoms with Crippen LogP contribution in [-0.4, -0.2) is 39.2 Å². The Bertz CT molecular complexity index is 532. The second-order valence-corrected chi connectivity index (χ2v) is 7.15. The summed E-state index contributed by atoms with van der Waals surface area (Å²) in [5.41, 5.74) is 1.93. The molecule has 3 rings (SSSR count). The molecule has 1 aromatic rings. The highest BCUT2D eigenvalue weighted by atomic mass is 16.3. The predicted octanol–water partition coefficient (Wildman–Crippen LogP) is 2.65. The van der Waals surface area contributed by atoms with Crippen molar-refractivity contribution in [2.24, 2.45) is 5.92 Å². The molecule has 0 spiro atoms. The molecule has 2 aliphatic rings. The smallest absolute Gasteiger partial charge is 0.224 e. The van der Waals surface area contributed by atoms with Crippen molar-refractivity contribution < 1.29 is 9.90 Å². The number of carbonyl (C=O) groups excluding carboxylic acids is 1. The molecule has 1 N–H and O–H groups in total. The maximum atomic E-state index is 12.5. The first kappa shape index (κ1) is 15.6. The van der Waals surface area contributed by atoms with E-state index < -0.39 is 5.60 Å². The summed E-state index contributed by atoms with van der Waals surface area (Å²) in [4.78, 5) is 14.5. The fourth-order valence-corrected chi connectivity index (χ4v) is 4.21. The van der Waals surface area contributed by atoms with Gasteiger partial charge in [-0.2, -0.15) is 0 Å². The van der Waals surface area contributed by atoms with Gasteiger partial charge in [-0.3, -0.25) is 4.79 Å². The van der Waals surface area contributed by atoms with Crippen LogP contribution in [0, 0.1) is 19.8 Å².